The standard InChI is InChI=1S/C13H13ClN2O2/c1-8(2)11-6-7-16(15-11)12-9(13(17)18)4-3-5-10(12)14/h3-8H,1-2H3,(H,17,18). The summed E-state index contributed by atoms with van der Waals surface area (Å²) in [6.45, 7) is 4.05. The summed E-state index contributed by atoms with van der Waals surface area (Å²) in [5, 5.41) is 13.9. The summed E-state index contributed by atoms with van der Waals surface area (Å²) in [4.78, 5) is 11.2. The summed E-state index contributed by atoms with van der Waals surface area (Å²) in [6, 6.07) is 6.64. The van der Waals surface area contributed by atoms with Crippen LogP contribution in [-0.4, -0.2) is 20.9 Å². The largest absolute Gasteiger partial charge is 0.478 e. The van der Waals surface area contributed by atoms with Crippen LogP contribution in [0.15, 0.2) is 30.5 Å². The van der Waals surface area contributed by atoms with Crippen LogP contribution in [0.3, 0.4) is 0 Å². The fourth-order valence-corrected chi connectivity index (χ4v) is 1.95. The molecule has 0 aliphatic rings. The lowest BCUT2D eigenvalue weighted by Gasteiger charge is -2.08. The Labute approximate surface area is 110 Å². The maximum Gasteiger partial charge on any atom is 0.337 e. The van der Waals surface area contributed by atoms with Gasteiger partial charge in [-0.25, -0.2) is 9.48 Å². The molecule has 0 aliphatic heterocycles. The molecule has 1 N–H and O–H groups in total. The number of aromatic nitrogens is 2. The van der Waals surface area contributed by atoms with E-state index >= 15 is 0 Å². The molecule has 0 bridgehead atoms. The number of carbonyl (C=O) groups is 1. The van der Waals surface area contributed by atoms with Crippen molar-refractivity contribution in [3.8, 4) is 5.69 Å². The lowest BCUT2D eigenvalue weighted by atomic mass is 10.1. The molecule has 1 aromatic carbocycles. The Morgan fingerprint density at radius 1 is 1.39 bits per heavy atom. The zero-order valence-corrected chi connectivity index (χ0v) is 10.8. The molecular weight excluding hydrogens is 252 g/mol. The normalized spacial score (nSPS) is 10.9. The second-order valence-electron chi connectivity index (χ2n) is 4.28. The molecule has 2 rings (SSSR count). The van der Waals surface area contributed by atoms with Gasteiger partial charge in [0, 0.05) is 6.20 Å². The minimum Gasteiger partial charge on any atom is -0.478 e. The summed E-state index contributed by atoms with van der Waals surface area (Å²) in [5.41, 5.74) is 1.44. The molecule has 0 saturated carbocycles. The van der Waals surface area contributed by atoms with Gasteiger partial charge in [0.25, 0.3) is 0 Å². The first-order valence-corrected chi connectivity index (χ1v) is 5.96. The third-order valence-electron chi connectivity index (χ3n) is 2.65. The third-order valence-corrected chi connectivity index (χ3v) is 2.95. The number of benzene rings is 1. The van der Waals surface area contributed by atoms with Crippen molar-refractivity contribution in [1.82, 2.24) is 9.78 Å². The van der Waals surface area contributed by atoms with E-state index in [0.29, 0.717) is 10.7 Å². The van der Waals surface area contributed by atoms with E-state index in [0.717, 1.165) is 5.69 Å². The second kappa shape index (κ2) is 4.82. The van der Waals surface area contributed by atoms with Crippen molar-refractivity contribution in [3.63, 3.8) is 0 Å². The van der Waals surface area contributed by atoms with E-state index in [-0.39, 0.29) is 11.5 Å². The number of hydrogen-bond donors (Lipinski definition) is 1. The Balaban J connectivity index is 2.58. The SMILES string of the molecule is CC(C)c1ccn(-c2c(Cl)cccc2C(=O)O)n1. The number of rotatable bonds is 3. The first-order chi connectivity index (χ1) is 8.50. The maximum atomic E-state index is 11.2. The average molecular weight is 265 g/mol. The van der Waals surface area contributed by atoms with Crippen LogP contribution < -0.4 is 0 Å². The molecule has 4 nitrogen and oxygen atoms in total. The van der Waals surface area contributed by atoms with Crippen LogP contribution in [0, 0.1) is 0 Å². The van der Waals surface area contributed by atoms with Crippen LogP contribution in [0.4, 0.5) is 0 Å². The zero-order valence-electron chi connectivity index (χ0n) is 10.1. The molecule has 0 saturated heterocycles. The fourth-order valence-electron chi connectivity index (χ4n) is 1.69. The summed E-state index contributed by atoms with van der Waals surface area (Å²) in [6.07, 6.45) is 1.73. The molecule has 18 heavy (non-hydrogen) atoms. The monoisotopic (exact) mass is 264 g/mol. The predicted molar refractivity (Wildman–Crippen MR) is 69.6 cm³/mol. The van der Waals surface area contributed by atoms with Gasteiger partial charge in [0.1, 0.15) is 0 Å². The molecule has 0 spiro atoms. The number of hydrogen-bond acceptors (Lipinski definition) is 2. The topological polar surface area (TPSA) is 55.1 Å². The third kappa shape index (κ3) is 2.24. The Morgan fingerprint density at radius 2 is 2.11 bits per heavy atom. The fraction of sp³-hybridized carbons (Fsp3) is 0.231. The van der Waals surface area contributed by atoms with Gasteiger partial charge in [0.2, 0.25) is 0 Å². The van der Waals surface area contributed by atoms with Gasteiger partial charge in [0.05, 0.1) is 22.0 Å². The highest BCUT2D eigenvalue weighted by Gasteiger charge is 2.16. The van der Waals surface area contributed by atoms with E-state index in [1.165, 1.54) is 10.7 Å². The van der Waals surface area contributed by atoms with E-state index in [1.807, 2.05) is 19.9 Å². The van der Waals surface area contributed by atoms with Crippen LogP contribution in [0.5, 0.6) is 0 Å². The number of para-hydroxylation sites is 1. The van der Waals surface area contributed by atoms with Gasteiger partial charge in [0.15, 0.2) is 0 Å². The van der Waals surface area contributed by atoms with Gasteiger partial charge in [-0.2, -0.15) is 5.10 Å². The molecule has 1 heterocycles. The van der Waals surface area contributed by atoms with Crippen molar-refractivity contribution in [2.24, 2.45) is 0 Å². The van der Waals surface area contributed by atoms with Gasteiger partial charge in [-0.1, -0.05) is 31.5 Å². The molecule has 0 unspecified atom stereocenters. The highest BCUT2D eigenvalue weighted by atomic mass is 35.5. The van der Waals surface area contributed by atoms with Crippen molar-refractivity contribution >= 4 is 17.6 Å². The van der Waals surface area contributed by atoms with Crippen LogP contribution in [-0.2, 0) is 0 Å². The van der Waals surface area contributed by atoms with Crippen LogP contribution in [0.1, 0.15) is 35.8 Å². The van der Waals surface area contributed by atoms with Gasteiger partial charge >= 0.3 is 5.97 Å². The summed E-state index contributed by atoms with van der Waals surface area (Å²) < 4.78 is 1.52. The van der Waals surface area contributed by atoms with E-state index in [1.54, 1.807) is 18.3 Å². The van der Waals surface area contributed by atoms with Crippen LogP contribution >= 0.6 is 11.6 Å². The molecule has 0 amide bonds. The minimum atomic E-state index is -1.02. The number of aromatic carboxylic acids is 1. The molecule has 0 radical (unpaired) electrons. The van der Waals surface area contributed by atoms with Crippen molar-refractivity contribution in [2.45, 2.75) is 19.8 Å². The second-order valence-corrected chi connectivity index (χ2v) is 4.69. The quantitative estimate of drug-likeness (QED) is 0.925. The molecule has 0 aliphatic carbocycles. The van der Waals surface area contributed by atoms with Crippen LogP contribution in [0.2, 0.25) is 5.02 Å². The molecule has 2 aromatic rings. The maximum absolute atomic E-state index is 11.2. The summed E-state index contributed by atoms with van der Waals surface area (Å²) in [5.74, 6) is -0.740. The number of carboxylic acid groups (broad SMARTS) is 1. The van der Waals surface area contributed by atoms with Gasteiger partial charge in [-0.15, -0.1) is 0 Å². The first-order valence-electron chi connectivity index (χ1n) is 5.58. The molecule has 0 fully saturated rings. The van der Waals surface area contributed by atoms with E-state index in [2.05, 4.69) is 5.10 Å². The van der Waals surface area contributed by atoms with E-state index in [4.69, 9.17) is 16.7 Å². The summed E-state index contributed by atoms with van der Waals surface area (Å²) >= 11 is 6.07. The highest BCUT2D eigenvalue weighted by molar-refractivity contribution is 6.33. The minimum absolute atomic E-state index is 0.140. The lowest BCUT2D eigenvalue weighted by molar-refractivity contribution is 0.0696. The Kier molecular flexibility index (Phi) is 3.39. The van der Waals surface area contributed by atoms with Crippen molar-refractivity contribution in [2.75, 3.05) is 0 Å². The molecule has 5 heteroatoms. The van der Waals surface area contributed by atoms with Gasteiger partial charge < -0.3 is 5.11 Å². The van der Waals surface area contributed by atoms with E-state index < -0.39 is 5.97 Å². The first kappa shape index (κ1) is 12.6. The smallest absolute Gasteiger partial charge is 0.337 e. The Bertz CT molecular complexity index is 590. The molecule has 94 valence electrons. The van der Waals surface area contributed by atoms with Gasteiger partial charge in [-0.05, 0) is 24.1 Å². The predicted octanol–water partition coefficient (Wildman–Crippen LogP) is 3.35. The molecular formula is C13H13ClN2O2. The van der Waals surface area contributed by atoms with Crippen molar-refractivity contribution in [1.29, 1.82) is 0 Å². The van der Waals surface area contributed by atoms with Crippen molar-refractivity contribution < 1.29 is 9.90 Å². The number of nitrogens with zero attached hydrogens (tertiary/aromatic N) is 2. The Morgan fingerprint density at radius 3 is 2.67 bits per heavy atom. The zero-order chi connectivity index (χ0) is 13.3. The number of halogens is 1. The van der Waals surface area contributed by atoms with Gasteiger partial charge in [-0.3, -0.25) is 0 Å². The average Bonchev–Trinajstić information content (AvgIpc) is 2.77. The Hall–Kier alpha value is -1.81. The highest BCUT2D eigenvalue weighted by Crippen LogP contribution is 2.25. The summed E-state index contributed by atoms with van der Waals surface area (Å²) in [7, 11) is 0. The number of carboxylic acids is 1. The van der Waals surface area contributed by atoms with Crippen molar-refractivity contribution in [3.05, 3.63) is 46.7 Å². The van der Waals surface area contributed by atoms with Crippen LogP contribution in [0.25, 0.3) is 5.69 Å². The molecule has 0 atom stereocenters. The molecule has 1 aromatic heterocycles. The van der Waals surface area contributed by atoms with E-state index in [9.17, 15) is 4.79 Å². The lowest BCUT2D eigenvalue weighted by Crippen LogP contribution is -2.07.